The quantitative estimate of drug-likeness (QED) is 0.111. The molecule has 3 aromatic carbocycles. The summed E-state index contributed by atoms with van der Waals surface area (Å²) in [4.78, 5) is 4.62. The Morgan fingerprint density at radius 2 is 1.34 bits per heavy atom. The summed E-state index contributed by atoms with van der Waals surface area (Å²) < 4.78 is 1.61. The summed E-state index contributed by atoms with van der Waals surface area (Å²) in [5.74, 6) is -3.59. The van der Waals surface area contributed by atoms with E-state index in [1.807, 2.05) is 45.9 Å². The zero-order valence-corrected chi connectivity index (χ0v) is 20.0. The first-order valence-electron chi connectivity index (χ1n) is 11.2. The van der Waals surface area contributed by atoms with Crippen LogP contribution in [-0.2, 0) is 0 Å². The maximum Gasteiger partial charge on any atom is 0.201 e. The number of nitrogens with zero attached hydrogens (tertiary/aromatic N) is 2. The molecule has 0 aliphatic rings. The van der Waals surface area contributed by atoms with Gasteiger partial charge in [0.2, 0.25) is 5.75 Å². The number of phenols is 6. The average Bonchev–Trinajstić information content (AvgIpc) is 3.23. The Hall–Kier alpha value is -4.33. The first kappa shape index (κ1) is 22.5. The van der Waals surface area contributed by atoms with Crippen molar-refractivity contribution in [2.45, 2.75) is 40.5 Å². The third-order valence-corrected chi connectivity index (χ3v) is 6.87. The van der Waals surface area contributed by atoms with E-state index in [1.54, 1.807) is 10.6 Å². The molecule has 0 aliphatic carbocycles. The molecule has 0 fully saturated rings. The molecule has 8 heteroatoms. The highest BCUT2D eigenvalue weighted by atomic mass is 16.3. The van der Waals surface area contributed by atoms with E-state index in [4.69, 9.17) is 0 Å². The van der Waals surface area contributed by atoms with E-state index >= 15 is 0 Å². The van der Waals surface area contributed by atoms with Crippen molar-refractivity contribution in [3.05, 3.63) is 46.6 Å². The van der Waals surface area contributed by atoms with Crippen molar-refractivity contribution >= 4 is 27.3 Å². The number of fused-ring (bicyclic) bond motifs is 6. The molecule has 5 aromatic rings. The Morgan fingerprint density at radius 3 is 1.94 bits per heavy atom. The van der Waals surface area contributed by atoms with Crippen LogP contribution in [0.25, 0.3) is 38.6 Å². The highest BCUT2D eigenvalue weighted by Crippen LogP contribution is 2.55. The summed E-state index contributed by atoms with van der Waals surface area (Å²) in [7, 11) is 0. The van der Waals surface area contributed by atoms with Crippen LogP contribution < -0.4 is 0 Å². The Kier molecular flexibility index (Phi) is 4.71. The van der Waals surface area contributed by atoms with Crippen LogP contribution in [0.15, 0.2) is 24.4 Å². The van der Waals surface area contributed by atoms with Gasteiger partial charge in [0.15, 0.2) is 23.0 Å². The number of aromatic nitrogens is 2. The fraction of sp³-hybridized carbons (Fsp3) is 0.222. The largest absolute Gasteiger partial charge is 0.507 e. The summed E-state index contributed by atoms with van der Waals surface area (Å²) in [6.45, 7) is 8.96. The van der Waals surface area contributed by atoms with Gasteiger partial charge in [-0.05, 0) is 37.8 Å². The van der Waals surface area contributed by atoms with Gasteiger partial charge in [-0.1, -0.05) is 32.0 Å². The second kappa shape index (κ2) is 7.33. The van der Waals surface area contributed by atoms with E-state index in [9.17, 15) is 30.6 Å². The highest BCUT2D eigenvalue weighted by molar-refractivity contribution is 6.21. The fourth-order valence-corrected chi connectivity index (χ4v) is 5.19. The number of phenolic OH excluding ortho intramolecular Hbond substituents is 6. The standard InChI is InChI=1S/C27H26N2O6/c1-10(2)15-18-17(24(33)26(35)23(15)32)19-20(25(34)22(31)13(5)21(19)30)29-14(9-28-27(18)29)16-11(3)7-6-8-12(16)4/h6-10,30-35H,1-5H3. The third kappa shape index (κ3) is 2.76. The Bertz CT molecular complexity index is 1700. The van der Waals surface area contributed by atoms with Crippen molar-refractivity contribution in [1.82, 2.24) is 9.38 Å². The van der Waals surface area contributed by atoms with Gasteiger partial charge in [0.25, 0.3) is 0 Å². The number of aryl methyl sites for hydroxylation is 2. The van der Waals surface area contributed by atoms with Gasteiger partial charge in [0, 0.05) is 27.5 Å². The molecular formula is C27H26N2O6. The normalized spacial score (nSPS) is 11.9. The Morgan fingerprint density at radius 1 is 0.714 bits per heavy atom. The van der Waals surface area contributed by atoms with E-state index in [0.717, 1.165) is 16.7 Å². The van der Waals surface area contributed by atoms with Crippen LogP contribution in [0.1, 0.15) is 42.0 Å². The van der Waals surface area contributed by atoms with Gasteiger partial charge in [-0.3, -0.25) is 4.40 Å². The van der Waals surface area contributed by atoms with Gasteiger partial charge >= 0.3 is 0 Å². The highest BCUT2D eigenvalue weighted by Gasteiger charge is 2.30. The smallest absolute Gasteiger partial charge is 0.201 e. The molecule has 0 spiro atoms. The molecule has 180 valence electrons. The number of rotatable bonds is 2. The first-order chi connectivity index (χ1) is 16.5. The molecule has 5 rings (SSSR count). The average molecular weight is 475 g/mol. The molecule has 0 bridgehead atoms. The molecule has 2 aromatic heterocycles. The maximum atomic E-state index is 11.2. The van der Waals surface area contributed by atoms with E-state index in [0.29, 0.717) is 16.6 Å². The van der Waals surface area contributed by atoms with Crippen LogP contribution in [0.4, 0.5) is 0 Å². The number of pyridine rings is 1. The lowest BCUT2D eigenvalue weighted by Crippen LogP contribution is -2.01. The number of hydrogen-bond acceptors (Lipinski definition) is 7. The lowest BCUT2D eigenvalue weighted by Gasteiger charge is -2.21. The molecule has 0 unspecified atom stereocenters. The van der Waals surface area contributed by atoms with Crippen molar-refractivity contribution < 1.29 is 30.6 Å². The van der Waals surface area contributed by atoms with Crippen LogP contribution in [0.3, 0.4) is 0 Å². The summed E-state index contributed by atoms with van der Waals surface area (Å²) in [6, 6.07) is 5.82. The minimum atomic E-state index is -0.738. The van der Waals surface area contributed by atoms with Gasteiger partial charge in [0.05, 0.1) is 17.3 Å². The second-order valence-corrected chi connectivity index (χ2v) is 9.33. The van der Waals surface area contributed by atoms with E-state index < -0.39 is 28.7 Å². The zero-order valence-electron chi connectivity index (χ0n) is 20.0. The van der Waals surface area contributed by atoms with E-state index in [-0.39, 0.29) is 39.2 Å². The maximum absolute atomic E-state index is 11.2. The molecule has 0 saturated carbocycles. The van der Waals surface area contributed by atoms with Gasteiger partial charge in [-0.15, -0.1) is 0 Å². The minimum absolute atomic E-state index is 0.00227. The van der Waals surface area contributed by atoms with E-state index in [2.05, 4.69) is 4.98 Å². The van der Waals surface area contributed by atoms with Gasteiger partial charge < -0.3 is 30.6 Å². The molecule has 0 radical (unpaired) electrons. The summed E-state index contributed by atoms with van der Waals surface area (Å²) in [6.07, 6.45) is 1.61. The lowest BCUT2D eigenvalue weighted by molar-refractivity contribution is 0.367. The van der Waals surface area contributed by atoms with E-state index in [1.165, 1.54) is 6.92 Å². The van der Waals surface area contributed by atoms with Crippen LogP contribution in [-0.4, -0.2) is 40.0 Å². The van der Waals surface area contributed by atoms with Crippen molar-refractivity contribution in [3.63, 3.8) is 0 Å². The molecule has 0 saturated heterocycles. The van der Waals surface area contributed by atoms with Crippen LogP contribution >= 0.6 is 0 Å². The van der Waals surface area contributed by atoms with Gasteiger partial charge in [0.1, 0.15) is 16.9 Å². The predicted molar refractivity (Wildman–Crippen MR) is 134 cm³/mol. The molecule has 35 heavy (non-hydrogen) atoms. The minimum Gasteiger partial charge on any atom is -0.507 e. The second-order valence-electron chi connectivity index (χ2n) is 9.33. The Balaban J connectivity index is 2.24. The van der Waals surface area contributed by atoms with Crippen LogP contribution in [0, 0.1) is 20.8 Å². The zero-order chi connectivity index (χ0) is 25.5. The van der Waals surface area contributed by atoms with Crippen LogP contribution in [0.5, 0.6) is 34.5 Å². The third-order valence-electron chi connectivity index (χ3n) is 6.87. The van der Waals surface area contributed by atoms with Crippen LogP contribution in [0.2, 0.25) is 0 Å². The Labute approximate surface area is 200 Å². The molecule has 6 N–H and O–H groups in total. The molecular weight excluding hydrogens is 448 g/mol. The monoisotopic (exact) mass is 474 g/mol. The summed E-state index contributed by atoms with van der Waals surface area (Å²) in [5, 5.41) is 65.7. The van der Waals surface area contributed by atoms with Crippen molar-refractivity contribution in [2.24, 2.45) is 0 Å². The first-order valence-corrected chi connectivity index (χ1v) is 11.2. The molecule has 0 aliphatic heterocycles. The topological polar surface area (TPSA) is 139 Å². The molecule has 0 amide bonds. The van der Waals surface area contributed by atoms with Crippen molar-refractivity contribution in [2.75, 3.05) is 0 Å². The number of hydrogen-bond donors (Lipinski definition) is 6. The number of benzene rings is 3. The molecule has 0 atom stereocenters. The van der Waals surface area contributed by atoms with Crippen molar-refractivity contribution in [3.8, 4) is 45.8 Å². The molecule has 8 nitrogen and oxygen atoms in total. The fourth-order valence-electron chi connectivity index (χ4n) is 5.19. The van der Waals surface area contributed by atoms with Gasteiger partial charge in [-0.2, -0.15) is 0 Å². The predicted octanol–water partition coefficient (Wildman–Crippen LogP) is 5.59. The van der Waals surface area contributed by atoms with Gasteiger partial charge in [-0.25, -0.2) is 4.98 Å². The number of imidazole rings is 1. The molecule has 2 heterocycles. The van der Waals surface area contributed by atoms with Crippen molar-refractivity contribution in [1.29, 1.82) is 0 Å². The number of aromatic hydroxyl groups is 6. The lowest BCUT2D eigenvalue weighted by atomic mass is 9.91. The SMILES string of the molecule is Cc1cccc(C)c1-c1cnc2c3c(C(C)C)c(O)c(O)c(O)c3c3c(O)c(C)c(O)c(O)c3n12. The summed E-state index contributed by atoms with van der Waals surface area (Å²) in [5.41, 5.74) is 3.94. The summed E-state index contributed by atoms with van der Waals surface area (Å²) >= 11 is 0.